The highest BCUT2D eigenvalue weighted by Gasteiger charge is 2.59. The van der Waals surface area contributed by atoms with Crippen molar-refractivity contribution in [1.29, 1.82) is 0 Å². The predicted molar refractivity (Wildman–Crippen MR) is 146 cm³/mol. The standard InChI is InChI=1S/C26H26F5N7O4S/c1-24-11-25(12-37(13-25)21-16(27)6-15(7-17(21)28)26(29,30)31)35-23(40)20(24)22(34-19(39)10-43(3,41)42)38(36-24)18-5-4-14(8-32-2)9-33-18/h4-9,36H,10-13H2,1-3H3,(H,34,39)(H,35,40)/b32-8+. The van der Waals surface area contributed by atoms with Crippen molar-refractivity contribution in [3.05, 3.63) is 64.6 Å². The normalized spacial score (nSPS) is 21.7. The Hall–Kier alpha value is -4.12. The van der Waals surface area contributed by atoms with Gasteiger partial charge in [0.2, 0.25) is 5.91 Å². The molecule has 0 radical (unpaired) electrons. The summed E-state index contributed by atoms with van der Waals surface area (Å²) in [5.74, 6) is -4.98. The molecule has 3 N–H and O–H groups in total. The molecule has 230 valence electrons. The van der Waals surface area contributed by atoms with Crippen LogP contribution in [0.15, 0.2) is 46.8 Å². The summed E-state index contributed by atoms with van der Waals surface area (Å²) in [5.41, 5.74) is -0.455. The summed E-state index contributed by atoms with van der Waals surface area (Å²) in [6, 6.07) is 3.71. The zero-order valence-electron chi connectivity index (χ0n) is 23.0. The number of nitrogens with zero attached hydrogens (tertiary/aromatic N) is 4. The highest BCUT2D eigenvalue weighted by atomic mass is 32.2. The van der Waals surface area contributed by atoms with Crippen LogP contribution in [-0.2, 0) is 25.6 Å². The molecular weight excluding hydrogens is 601 g/mol. The molecule has 2 fully saturated rings. The molecule has 2 amide bonds. The van der Waals surface area contributed by atoms with Crippen molar-refractivity contribution >= 4 is 39.4 Å². The fourth-order valence-electron chi connectivity index (χ4n) is 5.76. The molecule has 4 heterocycles. The number of carbonyl (C=O) groups is 2. The number of carbonyl (C=O) groups excluding carboxylic acids is 2. The molecule has 0 aliphatic carbocycles. The van der Waals surface area contributed by atoms with E-state index in [2.05, 4.69) is 26.0 Å². The Labute approximate surface area is 242 Å². The minimum atomic E-state index is -4.93. The molecule has 0 saturated carbocycles. The lowest BCUT2D eigenvalue weighted by Crippen LogP contribution is -2.76. The second-order valence-corrected chi connectivity index (χ2v) is 13.2. The molecule has 5 rings (SSSR count). The number of alkyl halides is 3. The van der Waals surface area contributed by atoms with E-state index >= 15 is 0 Å². The number of amides is 2. The number of hydrogen-bond acceptors (Lipinski definition) is 9. The number of nitrogens with one attached hydrogen (secondary N) is 3. The summed E-state index contributed by atoms with van der Waals surface area (Å²) >= 11 is 0. The van der Waals surface area contributed by atoms with E-state index in [1.54, 1.807) is 32.3 Å². The monoisotopic (exact) mass is 627 g/mol. The number of fused-ring (bicyclic) bond motifs is 1. The van der Waals surface area contributed by atoms with Gasteiger partial charge >= 0.3 is 6.18 Å². The second kappa shape index (κ2) is 10.3. The van der Waals surface area contributed by atoms with Crippen LogP contribution in [0.5, 0.6) is 0 Å². The van der Waals surface area contributed by atoms with Crippen molar-refractivity contribution in [3.8, 4) is 0 Å². The zero-order chi connectivity index (χ0) is 31.5. The van der Waals surface area contributed by atoms with E-state index in [1.807, 2.05) is 0 Å². The maximum Gasteiger partial charge on any atom is 0.416 e. The number of aromatic nitrogens is 1. The minimum Gasteiger partial charge on any atom is -0.362 e. The third kappa shape index (κ3) is 5.78. The van der Waals surface area contributed by atoms with Gasteiger partial charge in [0, 0.05) is 44.4 Å². The zero-order valence-corrected chi connectivity index (χ0v) is 23.8. The quantitative estimate of drug-likeness (QED) is 0.325. The van der Waals surface area contributed by atoms with Gasteiger partial charge in [-0.05, 0) is 37.6 Å². The van der Waals surface area contributed by atoms with E-state index in [0.29, 0.717) is 5.56 Å². The molecular formula is C26H26F5N7O4S. The van der Waals surface area contributed by atoms with Crippen LogP contribution >= 0.6 is 0 Å². The molecule has 43 heavy (non-hydrogen) atoms. The number of anilines is 2. The fraction of sp³-hybridized carbons (Fsp3) is 0.385. The van der Waals surface area contributed by atoms with E-state index in [-0.39, 0.29) is 48.9 Å². The number of hydrazine groups is 1. The molecule has 1 aromatic heterocycles. The van der Waals surface area contributed by atoms with Crippen molar-refractivity contribution in [2.75, 3.05) is 42.1 Å². The Kier molecular flexibility index (Phi) is 7.24. The number of sulfone groups is 1. The van der Waals surface area contributed by atoms with Gasteiger partial charge in [-0.2, -0.15) is 13.2 Å². The maximum atomic E-state index is 14.6. The van der Waals surface area contributed by atoms with Crippen LogP contribution in [0.2, 0.25) is 0 Å². The molecule has 1 spiro atoms. The Morgan fingerprint density at radius 2 is 1.86 bits per heavy atom. The van der Waals surface area contributed by atoms with Gasteiger partial charge in [-0.1, -0.05) is 0 Å². The SMILES string of the molecule is C/N=C/c1ccc(N2NC3(C)CC4(CN(c5c(F)cc(C(F)(F)F)cc5F)C4)NC(=O)C3=C2NC(=O)CS(C)(=O)=O)nc1. The predicted octanol–water partition coefficient (Wildman–Crippen LogP) is 1.66. The molecule has 1 aromatic carbocycles. The van der Waals surface area contributed by atoms with Crippen LogP contribution in [0.25, 0.3) is 0 Å². The van der Waals surface area contributed by atoms with Crippen LogP contribution in [0.1, 0.15) is 24.5 Å². The number of rotatable bonds is 6. The van der Waals surface area contributed by atoms with Gasteiger partial charge in [-0.25, -0.2) is 32.6 Å². The van der Waals surface area contributed by atoms with Crippen LogP contribution in [0.4, 0.5) is 33.5 Å². The van der Waals surface area contributed by atoms with E-state index < -0.39 is 67.5 Å². The smallest absolute Gasteiger partial charge is 0.362 e. The summed E-state index contributed by atoms with van der Waals surface area (Å²) in [6.07, 6.45) is -0.864. The van der Waals surface area contributed by atoms with Gasteiger partial charge < -0.3 is 15.5 Å². The average Bonchev–Trinajstić information content (AvgIpc) is 3.13. The van der Waals surface area contributed by atoms with Crippen LogP contribution in [-0.4, -0.2) is 74.7 Å². The number of halogens is 5. The number of piperidine rings is 1. The molecule has 3 aliphatic rings. The van der Waals surface area contributed by atoms with E-state index in [1.165, 1.54) is 16.1 Å². The Morgan fingerprint density at radius 3 is 2.40 bits per heavy atom. The van der Waals surface area contributed by atoms with Crippen molar-refractivity contribution < 1.29 is 40.0 Å². The summed E-state index contributed by atoms with van der Waals surface area (Å²) < 4.78 is 91.8. The third-order valence-electron chi connectivity index (χ3n) is 7.25. The van der Waals surface area contributed by atoms with Gasteiger partial charge in [0.15, 0.2) is 9.84 Å². The van der Waals surface area contributed by atoms with Crippen molar-refractivity contribution in [1.82, 2.24) is 21.0 Å². The topological polar surface area (TPSA) is 136 Å². The first-order valence-electron chi connectivity index (χ1n) is 12.8. The summed E-state index contributed by atoms with van der Waals surface area (Å²) in [7, 11) is -2.13. The summed E-state index contributed by atoms with van der Waals surface area (Å²) in [6.45, 7) is 1.41. The molecule has 2 aromatic rings. The Bertz CT molecular complexity index is 1650. The van der Waals surface area contributed by atoms with Crippen molar-refractivity contribution in [2.24, 2.45) is 4.99 Å². The van der Waals surface area contributed by atoms with Gasteiger partial charge in [-0.3, -0.25) is 14.6 Å². The number of hydrogen-bond donors (Lipinski definition) is 3. The fourth-order valence-corrected chi connectivity index (χ4v) is 6.31. The molecule has 1 unspecified atom stereocenters. The summed E-state index contributed by atoms with van der Waals surface area (Å²) in [5, 5.41) is 6.66. The first-order valence-corrected chi connectivity index (χ1v) is 14.8. The van der Waals surface area contributed by atoms with Gasteiger partial charge in [0.25, 0.3) is 5.91 Å². The molecule has 11 nitrogen and oxygen atoms in total. The van der Waals surface area contributed by atoms with E-state index in [9.17, 15) is 40.0 Å². The Morgan fingerprint density at radius 1 is 1.21 bits per heavy atom. The van der Waals surface area contributed by atoms with Gasteiger partial charge in [-0.15, -0.1) is 0 Å². The molecule has 2 saturated heterocycles. The number of benzene rings is 1. The largest absolute Gasteiger partial charge is 0.416 e. The van der Waals surface area contributed by atoms with Crippen molar-refractivity contribution in [3.63, 3.8) is 0 Å². The first-order chi connectivity index (χ1) is 19.9. The van der Waals surface area contributed by atoms with Gasteiger partial charge in [0.05, 0.1) is 22.2 Å². The third-order valence-corrected chi connectivity index (χ3v) is 8.03. The van der Waals surface area contributed by atoms with E-state index in [0.717, 1.165) is 6.26 Å². The van der Waals surface area contributed by atoms with Crippen LogP contribution < -0.4 is 26.0 Å². The van der Waals surface area contributed by atoms with Crippen molar-refractivity contribution in [2.45, 2.75) is 30.6 Å². The number of pyridine rings is 1. The molecule has 17 heteroatoms. The second-order valence-electron chi connectivity index (χ2n) is 11.0. The van der Waals surface area contributed by atoms with Crippen LogP contribution in [0.3, 0.4) is 0 Å². The minimum absolute atomic E-state index is 0.0519. The molecule has 1 atom stereocenters. The average molecular weight is 628 g/mol. The molecule has 3 aliphatic heterocycles. The summed E-state index contributed by atoms with van der Waals surface area (Å²) in [4.78, 5) is 35.7. The number of aliphatic imine (C=N–C) groups is 1. The maximum absolute atomic E-state index is 14.6. The Balaban J connectivity index is 1.45. The van der Waals surface area contributed by atoms with Gasteiger partial charge in [0.1, 0.15) is 34.7 Å². The highest BCUT2D eigenvalue weighted by Crippen LogP contribution is 2.45. The lowest BCUT2D eigenvalue weighted by Gasteiger charge is -2.56. The lowest BCUT2D eigenvalue weighted by molar-refractivity contribution is -0.138. The van der Waals surface area contributed by atoms with Crippen LogP contribution in [0, 0.1) is 11.6 Å². The lowest BCUT2D eigenvalue weighted by atomic mass is 9.71. The molecule has 0 bridgehead atoms. The first kappa shape index (κ1) is 30.3. The highest BCUT2D eigenvalue weighted by molar-refractivity contribution is 7.91. The van der Waals surface area contributed by atoms with E-state index in [4.69, 9.17) is 0 Å².